The summed E-state index contributed by atoms with van der Waals surface area (Å²) in [6, 6.07) is 15.6. The zero-order chi connectivity index (χ0) is 15.4. The number of phenols is 1. The van der Waals surface area contributed by atoms with E-state index < -0.39 is 0 Å². The van der Waals surface area contributed by atoms with E-state index in [2.05, 4.69) is 34.0 Å². The second kappa shape index (κ2) is 6.58. The Hall–Kier alpha value is -2.40. The van der Waals surface area contributed by atoms with Crippen LogP contribution in [0.3, 0.4) is 0 Å². The Kier molecular flexibility index (Phi) is 4.34. The fourth-order valence-corrected chi connectivity index (χ4v) is 2.85. The predicted octanol–water partition coefficient (Wildman–Crippen LogP) is 2.88. The van der Waals surface area contributed by atoms with E-state index in [-0.39, 0.29) is 11.8 Å². The third-order valence-corrected chi connectivity index (χ3v) is 3.95. The number of thiocarbonyl (C=S) groups is 1. The maximum absolute atomic E-state index is 9.65. The molecule has 2 aromatic rings. The van der Waals surface area contributed by atoms with E-state index >= 15 is 0 Å². The molecule has 5 heteroatoms. The molecule has 0 bridgehead atoms. The van der Waals surface area contributed by atoms with Crippen LogP contribution in [-0.2, 0) is 6.42 Å². The Bertz CT molecular complexity index is 715. The predicted molar refractivity (Wildman–Crippen MR) is 92.1 cm³/mol. The first-order valence-corrected chi connectivity index (χ1v) is 7.60. The molecule has 112 valence electrons. The summed E-state index contributed by atoms with van der Waals surface area (Å²) in [5.41, 5.74) is 6.11. The highest BCUT2D eigenvalue weighted by atomic mass is 32.1. The number of hydrazone groups is 1. The molecule has 0 spiro atoms. The largest absolute Gasteiger partial charge is 0.507 e. The highest BCUT2D eigenvalue weighted by molar-refractivity contribution is 7.80. The van der Waals surface area contributed by atoms with Crippen molar-refractivity contribution in [1.29, 1.82) is 0 Å². The minimum Gasteiger partial charge on any atom is -0.507 e. The third kappa shape index (κ3) is 3.26. The smallest absolute Gasteiger partial charge is 0.187 e. The quantitative estimate of drug-likeness (QED) is 0.463. The van der Waals surface area contributed by atoms with E-state index in [9.17, 15) is 5.11 Å². The van der Waals surface area contributed by atoms with Crippen molar-refractivity contribution in [1.82, 2.24) is 10.7 Å². The lowest BCUT2D eigenvalue weighted by Gasteiger charge is -2.15. The van der Waals surface area contributed by atoms with Crippen LogP contribution in [0, 0.1) is 0 Å². The van der Waals surface area contributed by atoms with Crippen LogP contribution >= 0.6 is 12.2 Å². The summed E-state index contributed by atoms with van der Waals surface area (Å²) in [6.07, 6.45) is 3.65. The van der Waals surface area contributed by atoms with Gasteiger partial charge in [-0.3, -0.25) is 5.43 Å². The lowest BCUT2D eigenvalue weighted by Crippen LogP contribution is -2.34. The summed E-state index contributed by atoms with van der Waals surface area (Å²) >= 11 is 5.27. The van der Waals surface area contributed by atoms with Gasteiger partial charge in [-0.25, -0.2) is 0 Å². The molecule has 0 saturated heterocycles. The maximum atomic E-state index is 9.65. The van der Waals surface area contributed by atoms with Crippen molar-refractivity contribution in [2.24, 2.45) is 5.10 Å². The molecule has 0 saturated carbocycles. The number of para-hydroxylation sites is 1. The summed E-state index contributed by atoms with van der Waals surface area (Å²) in [6.45, 7) is 0. The van der Waals surface area contributed by atoms with Gasteiger partial charge < -0.3 is 10.4 Å². The molecule has 0 radical (unpaired) electrons. The zero-order valence-corrected chi connectivity index (χ0v) is 12.8. The Labute approximate surface area is 134 Å². The molecule has 0 aliphatic heterocycles. The molecule has 0 amide bonds. The summed E-state index contributed by atoms with van der Waals surface area (Å²) in [4.78, 5) is 0. The van der Waals surface area contributed by atoms with Crippen LogP contribution in [0.5, 0.6) is 5.75 Å². The van der Waals surface area contributed by atoms with Crippen LogP contribution in [0.4, 0.5) is 0 Å². The molecule has 3 N–H and O–H groups in total. The number of hydrogen-bond acceptors (Lipinski definition) is 3. The van der Waals surface area contributed by atoms with Gasteiger partial charge in [-0.05, 0) is 48.3 Å². The van der Waals surface area contributed by atoms with Gasteiger partial charge in [0.05, 0.1) is 12.3 Å². The molecule has 0 fully saturated rings. The van der Waals surface area contributed by atoms with Gasteiger partial charge in [-0.15, -0.1) is 0 Å². The minimum atomic E-state index is 0.191. The SMILES string of the molecule is Oc1ccccc1/C=N\NC(=S)N[C@@H]1CCc2ccccc21. The van der Waals surface area contributed by atoms with Gasteiger partial charge in [-0.1, -0.05) is 36.4 Å². The van der Waals surface area contributed by atoms with E-state index in [1.54, 1.807) is 24.4 Å². The summed E-state index contributed by atoms with van der Waals surface area (Å²) in [5, 5.41) is 17.5. The molecule has 1 atom stereocenters. The summed E-state index contributed by atoms with van der Waals surface area (Å²) in [5.74, 6) is 0.191. The fourth-order valence-electron chi connectivity index (χ4n) is 2.65. The van der Waals surface area contributed by atoms with Gasteiger partial charge in [0.15, 0.2) is 5.11 Å². The Balaban J connectivity index is 1.57. The van der Waals surface area contributed by atoms with E-state index in [1.807, 2.05) is 12.1 Å². The van der Waals surface area contributed by atoms with Crippen LogP contribution in [0.25, 0.3) is 0 Å². The van der Waals surface area contributed by atoms with Crippen molar-refractivity contribution in [3.63, 3.8) is 0 Å². The first kappa shape index (κ1) is 14.5. The Morgan fingerprint density at radius 1 is 1.18 bits per heavy atom. The van der Waals surface area contributed by atoms with E-state index in [4.69, 9.17) is 12.2 Å². The van der Waals surface area contributed by atoms with Crippen molar-refractivity contribution in [2.75, 3.05) is 0 Å². The summed E-state index contributed by atoms with van der Waals surface area (Å²) < 4.78 is 0. The van der Waals surface area contributed by atoms with Gasteiger partial charge in [0.1, 0.15) is 5.75 Å². The second-order valence-electron chi connectivity index (χ2n) is 5.19. The van der Waals surface area contributed by atoms with Gasteiger partial charge in [0.25, 0.3) is 0 Å². The molecule has 22 heavy (non-hydrogen) atoms. The zero-order valence-electron chi connectivity index (χ0n) is 12.0. The standard InChI is InChI=1S/C17H17N3OS/c21-16-8-4-2-6-13(16)11-18-20-17(22)19-15-10-9-12-5-1-3-7-14(12)15/h1-8,11,15,21H,9-10H2,(H2,19,20,22)/b18-11-/t15-/m1/s1. The van der Waals surface area contributed by atoms with Gasteiger partial charge in [-0.2, -0.15) is 5.10 Å². The van der Waals surface area contributed by atoms with Crippen LogP contribution in [0.2, 0.25) is 0 Å². The second-order valence-corrected chi connectivity index (χ2v) is 5.60. The lowest BCUT2D eigenvalue weighted by molar-refractivity contribution is 0.474. The number of aryl methyl sites for hydroxylation is 1. The van der Waals surface area contributed by atoms with Crippen LogP contribution in [0.15, 0.2) is 53.6 Å². The van der Waals surface area contributed by atoms with Crippen molar-refractivity contribution >= 4 is 23.5 Å². The van der Waals surface area contributed by atoms with Crippen LogP contribution < -0.4 is 10.7 Å². The van der Waals surface area contributed by atoms with Gasteiger partial charge in [0.2, 0.25) is 0 Å². The number of aromatic hydroxyl groups is 1. The molecular weight excluding hydrogens is 294 g/mol. The molecule has 1 aliphatic rings. The molecule has 3 rings (SSSR count). The van der Waals surface area contributed by atoms with Gasteiger partial charge >= 0.3 is 0 Å². The van der Waals surface area contributed by atoms with Crippen molar-refractivity contribution in [3.05, 3.63) is 65.2 Å². The van der Waals surface area contributed by atoms with Crippen LogP contribution in [-0.4, -0.2) is 16.4 Å². The fraction of sp³-hybridized carbons (Fsp3) is 0.176. The van der Waals surface area contributed by atoms with E-state index in [0.717, 1.165) is 12.8 Å². The number of fused-ring (bicyclic) bond motifs is 1. The molecule has 0 unspecified atom stereocenters. The number of nitrogens with zero attached hydrogens (tertiary/aromatic N) is 1. The maximum Gasteiger partial charge on any atom is 0.187 e. The van der Waals surface area contributed by atoms with Crippen molar-refractivity contribution < 1.29 is 5.11 Å². The molecule has 2 aromatic carbocycles. The normalized spacial score (nSPS) is 16.5. The van der Waals surface area contributed by atoms with E-state index in [0.29, 0.717) is 10.7 Å². The number of nitrogens with one attached hydrogen (secondary N) is 2. The topological polar surface area (TPSA) is 56.7 Å². The number of benzene rings is 2. The van der Waals surface area contributed by atoms with Crippen LogP contribution in [0.1, 0.15) is 29.2 Å². The highest BCUT2D eigenvalue weighted by Gasteiger charge is 2.21. The molecule has 1 aliphatic carbocycles. The minimum absolute atomic E-state index is 0.191. The first-order chi connectivity index (χ1) is 10.7. The Morgan fingerprint density at radius 2 is 1.95 bits per heavy atom. The molecule has 0 aromatic heterocycles. The average molecular weight is 311 g/mol. The number of hydrogen-bond donors (Lipinski definition) is 3. The Morgan fingerprint density at radius 3 is 2.82 bits per heavy atom. The van der Waals surface area contributed by atoms with Crippen molar-refractivity contribution in [2.45, 2.75) is 18.9 Å². The molecule has 4 nitrogen and oxygen atoms in total. The lowest BCUT2D eigenvalue weighted by atomic mass is 10.1. The monoisotopic (exact) mass is 311 g/mol. The first-order valence-electron chi connectivity index (χ1n) is 7.19. The number of phenolic OH excluding ortho intramolecular Hbond substituents is 1. The number of rotatable bonds is 3. The van der Waals surface area contributed by atoms with Crippen molar-refractivity contribution in [3.8, 4) is 5.75 Å². The highest BCUT2D eigenvalue weighted by Crippen LogP contribution is 2.30. The summed E-state index contributed by atoms with van der Waals surface area (Å²) in [7, 11) is 0. The molecular formula is C17H17N3OS. The molecule has 0 heterocycles. The average Bonchev–Trinajstić information content (AvgIpc) is 2.92. The third-order valence-electron chi connectivity index (χ3n) is 3.74. The van der Waals surface area contributed by atoms with E-state index in [1.165, 1.54) is 11.1 Å². The van der Waals surface area contributed by atoms with Gasteiger partial charge in [0, 0.05) is 5.56 Å².